The van der Waals surface area contributed by atoms with Gasteiger partial charge < -0.3 is 19.7 Å². The molecule has 0 aromatic heterocycles. The molecule has 3 fully saturated rings. The average Bonchev–Trinajstić information content (AvgIpc) is 3.81. The number of fused-ring (bicyclic) bond motifs is 1. The Kier molecular flexibility index (Phi) is 22.2. The first-order valence-corrected chi connectivity index (χ1v) is 24.8. The summed E-state index contributed by atoms with van der Waals surface area (Å²) < 4.78 is 12.5. The molecule has 0 aromatic carbocycles. The standard InChI is InChI=1S/C58H88O6/c1-12-13-14-15-16-17-18-19-20-21-22-23-24-25-26-37-53(61)63-50-42-55(8,9)58(57(11,43-50)64-58)44-51(60)48(5)36-30-35-46(3)32-28-27-31-45(2)33-29-34-47(4)38-39-52-54(6,7)40-49(59)41-56(52,10)62/h19-20,27-36,38,49-50,59,62H,12-18,21-26,37,40-44H2,1-11H3/b20-19-,28-27+,33-29+,35-30+,45-31+,46-32+,47-34+,48-36+/t39?,49-,50-,56+,57+,58-/m0/s1. The molecule has 0 bridgehead atoms. The second-order valence-electron chi connectivity index (χ2n) is 21.1. The summed E-state index contributed by atoms with van der Waals surface area (Å²) in [4.78, 5) is 26.4. The Morgan fingerprint density at radius 2 is 1.25 bits per heavy atom. The number of allylic oxidation sites excluding steroid dienone is 16. The summed E-state index contributed by atoms with van der Waals surface area (Å²) >= 11 is 0. The van der Waals surface area contributed by atoms with Crippen LogP contribution in [0.25, 0.3) is 0 Å². The lowest BCUT2D eigenvalue weighted by atomic mass is 9.61. The van der Waals surface area contributed by atoms with Gasteiger partial charge in [0.25, 0.3) is 0 Å². The van der Waals surface area contributed by atoms with Gasteiger partial charge >= 0.3 is 5.97 Å². The number of ether oxygens (including phenoxy) is 2. The molecular weight excluding hydrogens is 793 g/mol. The SMILES string of the molecule is CCCCCCCC/C=C\CCCCCCCC(=O)O[C@H]1CC(C)(C)[C@]2(CC(=O)/C(C)=C/C=C/C(C)=C/C=C/C=C(C)/C=C/C=C(\C)C=C=C3C(C)(C)C[C@H](O)C[C@@]3(C)O)O[C@]2(C)C1. The molecule has 1 saturated heterocycles. The number of carbonyl (C=O) groups is 2. The molecule has 2 aliphatic carbocycles. The van der Waals surface area contributed by atoms with Crippen molar-refractivity contribution in [3.8, 4) is 0 Å². The molecule has 0 aromatic rings. The molecule has 0 radical (unpaired) electrons. The van der Waals surface area contributed by atoms with Crippen molar-refractivity contribution < 1.29 is 29.3 Å². The second kappa shape index (κ2) is 26.0. The first-order valence-electron chi connectivity index (χ1n) is 24.8. The normalized spacial score (nSPS) is 27.4. The zero-order chi connectivity index (χ0) is 47.4. The van der Waals surface area contributed by atoms with Crippen LogP contribution in [0.4, 0.5) is 0 Å². The predicted molar refractivity (Wildman–Crippen MR) is 268 cm³/mol. The summed E-state index contributed by atoms with van der Waals surface area (Å²) in [7, 11) is 0. The Balaban J connectivity index is 1.38. The molecule has 356 valence electrons. The number of rotatable bonds is 26. The van der Waals surface area contributed by atoms with E-state index < -0.39 is 22.9 Å². The van der Waals surface area contributed by atoms with Crippen LogP contribution in [0, 0.1) is 10.8 Å². The first kappa shape index (κ1) is 54.8. The monoisotopic (exact) mass is 881 g/mol. The van der Waals surface area contributed by atoms with Gasteiger partial charge in [-0.15, -0.1) is 5.73 Å². The van der Waals surface area contributed by atoms with Gasteiger partial charge in [-0.2, -0.15) is 0 Å². The largest absolute Gasteiger partial charge is 0.462 e. The molecule has 0 spiro atoms. The van der Waals surface area contributed by atoms with Gasteiger partial charge in [0.05, 0.1) is 17.3 Å². The zero-order valence-corrected chi connectivity index (χ0v) is 42.1. The Hall–Kier alpha value is -3.54. The van der Waals surface area contributed by atoms with Crippen molar-refractivity contribution in [1.82, 2.24) is 0 Å². The quantitative estimate of drug-likeness (QED) is 0.0171. The van der Waals surface area contributed by atoms with Crippen molar-refractivity contribution in [2.75, 3.05) is 0 Å². The molecule has 6 nitrogen and oxygen atoms in total. The number of Topliss-reactive ketones (excluding diaryl/α,β-unsaturated/α-hetero) is 1. The van der Waals surface area contributed by atoms with Crippen LogP contribution in [0.5, 0.6) is 0 Å². The highest BCUT2D eigenvalue weighted by atomic mass is 16.6. The van der Waals surface area contributed by atoms with Gasteiger partial charge in [-0.1, -0.05) is 170 Å². The van der Waals surface area contributed by atoms with E-state index in [9.17, 15) is 19.8 Å². The van der Waals surface area contributed by atoms with Crippen molar-refractivity contribution in [3.05, 3.63) is 113 Å². The summed E-state index contributed by atoms with van der Waals surface area (Å²) in [5.41, 5.74) is 5.27. The lowest BCUT2D eigenvalue weighted by molar-refractivity contribution is -0.153. The van der Waals surface area contributed by atoms with Crippen LogP contribution in [0.15, 0.2) is 113 Å². The third-order valence-electron chi connectivity index (χ3n) is 13.7. The number of carbonyl (C=O) groups excluding carboxylic acids is 2. The number of hydrogen-bond acceptors (Lipinski definition) is 6. The Morgan fingerprint density at radius 3 is 1.83 bits per heavy atom. The lowest BCUT2D eigenvalue weighted by Gasteiger charge is -2.43. The Morgan fingerprint density at radius 1 is 0.703 bits per heavy atom. The third kappa shape index (κ3) is 17.7. The molecular formula is C58H88O6. The van der Waals surface area contributed by atoms with E-state index in [1.807, 2.05) is 108 Å². The second-order valence-corrected chi connectivity index (χ2v) is 21.1. The third-order valence-corrected chi connectivity index (χ3v) is 13.7. The first-order chi connectivity index (χ1) is 30.2. The molecule has 2 saturated carbocycles. The highest BCUT2D eigenvalue weighted by molar-refractivity contribution is 5.96. The van der Waals surface area contributed by atoms with E-state index in [-0.39, 0.29) is 28.7 Å². The van der Waals surface area contributed by atoms with Crippen LogP contribution in [0.2, 0.25) is 0 Å². The van der Waals surface area contributed by atoms with E-state index in [1.165, 1.54) is 57.8 Å². The maximum Gasteiger partial charge on any atom is 0.306 e. The van der Waals surface area contributed by atoms with E-state index in [2.05, 4.69) is 45.6 Å². The summed E-state index contributed by atoms with van der Waals surface area (Å²) in [5, 5.41) is 21.1. The van der Waals surface area contributed by atoms with Crippen LogP contribution in [0.1, 0.15) is 198 Å². The van der Waals surface area contributed by atoms with Crippen molar-refractivity contribution >= 4 is 11.8 Å². The summed E-state index contributed by atoms with van der Waals surface area (Å²) in [5.74, 6) is -0.0332. The fraction of sp³-hybridized carbons (Fsp3) is 0.638. The van der Waals surface area contributed by atoms with E-state index in [4.69, 9.17) is 9.47 Å². The van der Waals surface area contributed by atoms with Crippen LogP contribution >= 0.6 is 0 Å². The summed E-state index contributed by atoms with van der Waals surface area (Å²) in [6, 6.07) is 0. The van der Waals surface area contributed by atoms with Crippen LogP contribution in [-0.4, -0.2) is 51.0 Å². The molecule has 2 N–H and O–H groups in total. The predicted octanol–water partition coefficient (Wildman–Crippen LogP) is 14.7. The van der Waals surface area contributed by atoms with Crippen molar-refractivity contribution in [1.29, 1.82) is 0 Å². The molecule has 1 heterocycles. The van der Waals surface area contributed by atoms with Gasteiger partial charge in [0.15, 0.2) is 5.78 Å². The summed E-state index contributed by atoms with van der Waals surface area (Å²) in [6.45, 7) is 22.5. The number of epoxide rings is 1. The Bertz CT molecular complexity index is 1830. The van der Waals surface area contributed by atoms with Crippen LogP contribution in [0.3, 0.4) is 0 Å². The molecule has 3 aliphatic rings. The minimum atomic E-state index is -1.08. The van der Waals surface area contributed by atoms with E-state index in [1.54, 1.807) is 6.92 Å². The summed E-state index contributed by atoms with van der Waals surface area (Å²) in [6.07, 6.45) is 44.9. The average molecular weight is 881 g/mol. The number of esters is 1. The highest BCUT2D eigenvalue weighted by Crippen LogP contribution is 2.67. The number of unbranched alkanes of at least 4 members (excludes halogenated alkanes) is 11. The molecule has 5 atom stereocenters. The van der Waals surface area contributed by atoms with Crippen LogP contribution < -0.4 is 0 Å². The van der Waals surface area contributed by atoms with Crippen molar-refractivity contribution in [3.63, 3.8) is 0 Å². The zero-order valence-electron chi connectivity index (χ0n) is 42.1. The Labute approximate surface area is 390 Å². The van der Waals surface area contributed by atoms with Crippen molar-refractivity contribution in [2.45, 2.75) is 227 Å². The minimum Gasteiger partial charge on any atom is -0.462 e. The minimum absolute atomic E-state index is 0.0800. The number of hydrogen-bond donors (Lipinski definition) is 2. The van der Waals surface area contributed by atoms with Gasteiger partial charge in [-0.05, 0) is 109 Å². The van der Waals surface area contributed by atoms with Crippen LogP contribution in [-0.2, 0) is 19.1 Å². The fourth-order valence-corrected chi connectivity index (χ4v) is 10.1. The number of aliphatic hydroxyl groups excluding tert-OH is 1. The smallest absolute Gasteiger partial charge is 0.306 e. The van der Waals surface area contributed by atoms with E-state index in [0.717, 1.165) is 48.0 Å². The van der Waals surface area contributed by atoms with Gasteiger partial charge in [-0.3, -0.25) is 9.59 Å². The molecule has 6 heteroatoms. The van der Waals surface area contributed by atoms with Gasteiger partial charge in [0.2, 0.25) is 0 Å². The number of aliphatic hydroxyl groups is 2. The van der Waals surface area contributed by atoms with Crippen molar-refractivity contribution in [2.24, 2.45) is 10.8 Å². The maximum atomic E-state index is 13.5. The molecule has 3 rings (SSSR count). The molecule has 0 unspecified atom stereocenters. The highest BCUT2D eigenvalue weighted by Gasteiger charge is 2.76. The maximum absolute atomic E-state index is 13.5. The van der Waals surface area contributed by atoms with Gasteiger partial charge in [0, 0.05) is 36.7 Å². The van der Waals surface area contributed by atoms with E-state index in [0.29, 0.717) is 44.1 Å². The van der Waals surface area contributed by atoms with E-state index >= 15 is 0 Å². The number of ketones is 1. The lowest BCUT2D eigenvalue weighted by Crippen LogP contribution is -2.49. The van der Waals surface area contributed by atoms with Gasteiger partial charge in [-0.25, -0.2) is 0 Å². The molecule has 64 heavy (non-hydrogen) atoms. The molecule has 0 amide bonds. The topological polar surface area (TPSA) is 96.4 Å². The molecule has 1 aliphatic heterocycles. The fourth-order valence-electron chi connectivity index (χ4n) is 10.1. The van der Waals surface area contributed by atoms with Gasteiger partial charge in [0.1, 0.15) is 11.7 Å².